The van der Waals surface area contributed by atoms with Crippen LogP contribution in [-0.2, 0) is 16.0 Å². The fourth-order valence-corrected chi connectivity index (χ4v) is 3.27. The predicted octanol–water partition coefficient (Wildman–Crippen LogP) is 4.01. The van der Waals surface area contributed by atoms with Crippen LogP contribution in [-0.4, -0.2) is 23.8 Å². The molecule has 0 saturated heterocycles. The number of anilines is 1. The number of hydrogen-bond donors (Lipinski definition) is 1. The van der Waals surface area contributed by atoms with E-state index in [4.69, 9.17) is 4.74 Å². The SMILES string of the molecule is CCc1sc(C(=O)O[C@H](C)C(=O)Nc2ccc(C(C)=O)cc2)cc1C. The zero-order chi connectivity index (χ0) is 18.6. The summed E-state index contributed by atoms with van der Waals surface area (Å²) in [4.78, 5) is 37.2. The Bertz CT molecular complexity index is 792. The van der Waals surface area contributed by atoms with Crippen LogP contribution in [0.1, 0.15) is 51.2 Å². The third-order valence-corrected chi connectivity index (χ3v) is 5.12. The van der Waals surface area contributed by atoms with Gasteiger partial charge in [0.2, 0.25) is 0 Å². The molecule has 1 aromatic carbocycles. The fourth-order valence-electron chi connectivity index (χ4n) is 2.28. The van der Waals surface area contributed by atoms with Crippen LogP contribution in [0.3, 0.4) is 0 Å². The molecule has 0 fully saturated rings. The lowest BCUT2D eigenvalue weighted by Crippen LogP contribution is -2.29. The van der Waals surface area contributed by atoms with Crippen molar-refractivity contribution in [2.75, 3.05) is 5.32 Å². The third-order valence-electron chi connectivity index (χ3n) is 3.75. The number of esters is 1. The van der Waals surface area contributed by atoms with E-state index in [-0.39, 0.29) is 5.78 Å². The smallest absolute Gasteiger partial charge is 0.349 e. The van der Waals surface area contributed by atoms with E-state index in [9.17, 15) is 14.4 Å². The molecule has 1 heterocycles. The Kier molecular flexibility index (Phi) is 6.09. The zero-order valence-electron chi connectivity index (χ0n) is 14.7. The quantitative estimate of drug-likeness (QED) is 0.625. The Balaban J connectivity index is 1.97. The van der Waals surface area contributed by atoms with Crippen LogP contribution in [0.5, 0.6) is 0 Å². The van der Waals surface area contributed by atoms with E-state index in [0.29, 0.717) is 16.1 Å². The van der Waals surface area contributed by atoms with Crippen molar-refractivity contribution in [3.8, 4) is 0 Å². The molecule has 0 aliphatic rings. The van der Waals surface area contributed by atoms with Gasteiger partial charge in [0.15, 0.2) is 11.9 Å². The first kappa shape index (κ1) is 18.9. The van der Waals surface area contributed by atoms with Crippen LogP contribution in [0.2, 0.25) is 0 Å². The van der Waals surface area contributed by atoms with Gasteiger partial charge in [0.1, 0.15) is 4.88 Å². The Morgan fingerprint density at radius 3 is 2.36 bits per heavy atom. The summed E-state index contributed by atoms with van der Waals surface area (Å²) in [5.74, 6) is -0.965. The summed E-state index contributed by atoms with van der Waals surface area (Å²) in [6, 6.07) is 8.33. The Morgan fingerprint density at radius 2 is 1.84 bits per heavy atom. The number of ether oxygens (including phenoxy) is 1. The van der Waals surface area contributed by atoms with Crippen molar-refractivity contribution >= 4 is 34.7 Å². The van der Waals surface area contributed by atoms with Gasteiger partial charge in [-0.1, -0.05) is 6.92 Å². The largest absolute Gasteiger partial charge is 0.448 e. The summed E-state index contributed by atoms with van der Waals surface area (Å²) < 4.78 is 5.25. The van der Waals surface area contributed by atoms with Crippen molar-refractivity contribution in [2.24, 2.45) is 0 Å². The Hall–Kier alpha value is -2.47. The first-order valence-electron chi connectivity index (χ1n) is 8.04. The molecule has 132 valence electrons. The molecular formula is C19H21NO4S. The fraction of sp³-hybridized carbons (Fsp3) is 0.316. The summed E-state index contributed by atoms with van der Waals surface area (Å²) in [6.45, 7) is 6.98. The topological polar surface area (TPSA) is 72.5 Å². The minimum absolute atomic E-state index is 0.0436. The van der Waals surface area contributed by atoms with Crippen molar-refractivity contribution in [3.05, 3.63) is 51.2 Å². The lowest BCUT2D eigenvalue weighted by molar-refractivity contribution is -0.123. The molecule has 0 aliphatic carbocycles. The summed E-state index contributed by atoms with van der Waals surface area (Å²) in [6.07, 6.45) is -0.0664. The first-order valence-corrected chi connectivity index (χ1v) is 8.85. The van der Waals surface area contributed by atoms with E-state index in [1.807, 2.05) is 13.8 Å². The number of benzene rings is 1. The number of amides is 1. The van der Waals surface area contributed by atoms with E-state index in [2.05, 4.69) is 5.32 Å². The number of carbonyl (C=O) groups excluding carboxylic acids is 3. The van der Waals surface area contributed by atoms with Gasteiger partial charge < -0.3 is 10.1 Å². The molecule has 0 radical (unpaired) electrons. The van der Waals surface area contributed by atoms with E-state index in [1.165, 1.54) is 25.2 Å². The molecule has 0 bridgehead atoms. The minimum Gasteiger partial charge on any atom is -0.448 e. The maximum absolute atomic E-state index is 12.2. The first-order chi connectivity index (χ1) is 11.8. The number of ketones is 1. The van der Waals surface area contributed by atoms with Gasteiger partial charge in [-0.05, 0) is 63.1 Å². The number of rotatable bonds is 6. The molecule has 1 atom stereocenters. The molecule has 1 amide bonds. The summed E-state index contributed by atoms with van der Waals surface area (Å²) in [5.41, 5.74) is 2.16. The Labute approximate surface area is 151 Å². The van der Waals surface area contributed by atoms with Crippen molar-refractivity contribution < 1.29 is 19.1 Å². The molecule has 0 saturated carbocycles. The third kappa shape index (κ3) is 4.76. The monoisotopic (exact) mass is 359 g/mol. The van der Waals surface area contributed by atoms with Gasteiger partial charge in [0.25, 0.3) is 5.91 Å². The maximum Gasteiger partial charge on any atom is 0.349 e. The van der Waals surface area contributed by atoms with E-state index < -0.39 is 18.0 Å². The molecule has 0 unspecified atom stereocenters. The van der Waals surface area contributed by atoms with E-state index in [0.717, 1.165) is 16.9 Å². The molecule has 1 aromatic heterocycles. The molecule has 0 aliphatic heterocycles. The lowest BCUT2D eigenvalue weighted by Gasteiger charge is -2.13. The van der Waals surface area contributed by atoms with Crippen LogP contribution in [0.25, 0.3) is 0 Å². The molecule has 25 heavy (non-hydrogen) atoms. The number of thiophene rings is 1. The van der Waals surface area contributed by atoms with Gasteiger partial charge in [-0.3, -0.25) is 9.59 Å². The van der Waals surface area contributed by atoms with Gasteiger partial charge >= 0.3 is 5.97 Å². The van der Waals surface area contributed by atoms with E-state index in [1.54, 1.807) is 30.3 Å². The number of hydrogen-bond acceptors (Lipinski definition) is 5. The number of carbonyl (C=O) groups is 3. The highest BCUT2D eigenvalue weighted by Crippen LogP contribution is 2.23. The summed E-state index contributed by atoms with van der Waals surface area (Å²) >= 11 is 1.39. The minimum atomic E-state index is -0.924. The molecule has 2 aromatic rings. The highest BCUT2D eigenvalue weighted by Gasteiger charge is 2.21. The standard InChI is InChI=1S/C19H21NO4S/c1-5-16-11(2)10-17(25-16)19(23)24-13(4)18(22)20-15-8-6-14(7-9-15)12(3)21/h6-10,13H,5H2,1-4H3,(H,20,22)/t13-/m1/s1. The Morgan fingerprint density at radius 1 is 1.20 bits per heavy atom. The van der Waals surface area contributed by atoms with Crippen molar-refractivity contribution in [1.29, 1.82) is 0 Å². The number of Topliss-reactive ketones (excluding diaryl/α,β-unsaturated/α-hetero) is 1. The second-order valence-electron chi connectivity index (χ2n) is 5.74. The number of aryl methyl sites for hydroxylation is 2. The van der Waals surface area contributed by atoms with Crippen molar-refractivity contribution in [3.63, 3.8) is 0 Å². The lowest BCUT2D eigenvalue weighted by atomic mass is 10.1. The average Bonchev–Trinajstić information content (AvgIpc) is 2.96. The van der Waals surface area contributed by atoms with Crippen LogP contribution in [0.4, 0.5) is 5.69 Å². The maximum atomic E-state index is 12.2. The predicted molar refractivity (Wildman–Crippen MR) is 98.4 cm³/mol. The van der Waals surface area contributed by atoms with Crippen LogP contribution in [0.15, 0.2) is 30.3 Å². The van der Waals surface area contributed by atoms with Gasteiger partial charge in [-0.15, -0.1) is 11.3 Å². The summed E-state index contributed by atoms with van der Waals surface area (Å²) in [7, 11) is 0. The van der Waals surface area contributed by atoms with Crippen LogP contribution < -0.4 is 5.32 Å². The zero-order valence-corrected chi connectivity index (χ0v) is 15.5. The van der Waals surface area contributed by atoms with E-state index >= 15 is 0 Å². The molecule has 2 rings (SSSR count). The van der Waals surface area contributed by atoms with Gasteiger partial charge in [0.05, 0.1) is 0 Å². The summed E-state index contributed by atoms with van der Waals surface area (Å²) in [5, 5.41) is 2.67. The normalized spacial score (nSPS) is 11.7. The van der Waals surface area contributed by atoms with Gasteiger partial charge in [-0.2, -0.15) is 0 Å². The highest BCUT2D eigenvalue weighted by atomic mass is 32.1. The van der Waals surface area contributed by atoms with Crippen LogP contribution >= 0.6 is 11.3 Å². The second kappa shape index (κ2) is 8.07. The molecule has 6 heteroatoms. The van der Waals surface area contributed by atoms with Crippen molar-refractivity contribution in [1.82, 2.24) is 0 Å². The second-order valence-corrected chi connectivity index (χ2v) is 6.88. The molecule has 1 N–H and O–H groups in total. The van der Waals surface area contributed by atoms with Gasteiger partial charge in [-0.25, -0.2) is 4.79 Å². The van der Waals surface area contributed by atoms with Gasteiger partial charge in [0, 0.05) is 16.1 Å². The van der Waals surface area contributed by atoms with Crippen molar-refractivity contribution in [2.45, 2.75) is 40.2 Å². The van der Waals surface area contributed by atoms with Crippen LogP contribution in [0, 0.1) is 6.92 Å². The molecule has 5 nitrogen and oxygen atoms in total. The highest BCUT2D eigenvalue weighted by molar-refractivity contribution is 7.14. The average molecular weight is 359 g/mol. The number of nitrogens with one attached hydrogen (secondary N) is 1. The molecule has 0 spiro atoms. The molecular weight excluding hydrogens is 338 g/mol.